The lowest BCUT2D eigenvalue weighted by Gasteiger charge is -2.32. The van der Waals surface area contributed by atoms with E-state index in [1.807, 2.05) is 30.5 Å². The summed E-state index contributed by atoms with van der Waals surface area (Å²) >= 11 is 0. The Morgan fingerprint density at radius 3 is 2.51 bits per heavy atom. The maximum Gasteiger partial charge on any atom is 0.253 e. The van der Waals surface area contributed by atoms with Gasteiger partial charge >= 0.3 is 0 Å². The van der Waals surface area contributed by atoms with Gasteiger partial charge in [-0.2, -0.15) is 0 Å². The average Bonchev–Trinajstić information content (AvgIpc) is 3.24. The molecule has 3 aromatic heterocycles. The molecule has 1 saturated heterocycles. The Labute approximate surface area is 217 Å². The number of carbonyl (C=O) groups excluding carboxylic acids is 1. The van der Waals surface area contributed by atoms with E-state index in [0.29, 0.717) is 17.5 Å². The zero-order valence-electron chi connectivity index (χ0n) is 21.9. The average molecular weight is 499 g/mol. The van der Waals surface area contributed by atoms with Crippen molar-refractivity contribution < 1.29 is 9.53 Å². The number of hydrogen-bond donors (Lipinski definition) is 1. The van der Waals surface area contributed by atoms with E-state index in [1.165, 1.54) is 11.3 Å². The Bertz CT molecular complexity index is 1420. The molecule has 0 atom stereocenters. The molecule has 1 amide bonds. The van der Waals surface area contributed by atoms with Crippen molar-refractivity contribution in [2.45, 2.75) is 25.3 Å². The molecule has 5 rings (SSSR count). The Hall–Kier alpha value is -3.91. The summed E-state index contributed by atoms with van der Waals surface area (Å²) in [7, 11) is 7.25. The van der Waals surface area contributed by atoms with Gasteiger partial charge < -0.3 is 19.9 Å². The van der Waals surface area contributed by atoms with Crippen molar-refractivity contribution in [3.63, 3.8) is 0 Å². The van der Waals surface area contributed by atoms with Crippen molar-refractivity contribution in [2.75, 3.05) is 40.0 Å². The number of nitrogens with zero attached hydrogens (tertiary/aromatic N) is 5. The van der Waals surface area contributed by atoms with Crippen LogP contribution in [0, 0.1) is 0 Å². The molecule has 37 heavy (non-hydrogen) atoms. The number of amides is 1. The first-order valence-electron chi connectivity index (χ1n) is 12.6. The molecule has 1 aliphatic heterocycles. The van der Waals surface area contributed by atoms with Crippen LogP contribution in [0.25, 0.3) is 22.2 Å². The topological polar surface area (TPSA) is 89.5 Å². The Morgan fingerprint density at radius 2 is 1.84 bits per heavy atom. The van der Waals surface area contributed by atoms with Crippen LogP contribution in [0.1, 0.15) is 40.4 Å². The number of methoxy groups -OCH3 is 1. The van der Waals surface area contributed by atoms with Gasteiger partial charge in [-0.1, -0.05) is 12.1 Å². The highest BCUT2D eigenvalue weighted by molar-refractivity contribution is 5.94. The van der Waals surface area contributed by atoms with Gasteiger partial charge in [-0.3, -0.25) is 9.69 Å². The number of likely N-dealkylation sites (tertiary alicyclic amines) is 1. The first-order chi connectivity index (χ1) is 17.9. The Morgan fingerprint density at radius 1 is 1.11 bits per heavy atom. The number of fused-ring (bicyclic) bond motifs is 1. The highest BCUT2D eigenvalue weighted by Crippen LogP contribution is 2.34. The van der Waals surface area contributed by atoms with Gasteiger partial charge in [-0.25, -0.2) is 9.97 Å². The van der Waals surface area contributed by atoms with Crippen molar-refractivity contribution in [3.05, 3.63) is 71.7 Å². The number of benzene rings is 1. The van der Waals surface area contributed by atoms with Crippen molar-refractivity contribution in [3.8, 4) is 16.9 Å². The number of nitrogens with two attached hydrogens (primary N) is 1. The summed E-state index contributed by atoms with van der Waals surface area (Å²) in [6, 6.07) is 14.3. The van der Waals surface area contributed by atoms with Crippen LogP contribution in [-0.2, 0) is 13.6 Å². The molecule has 1 aromatic carbocycles. The molecule has 192 valence electrons. The van der Waals surface area contributed by atoms with Crippen LogP contribution < -0.4 is 10.5 Å². The van der Waals surface area contributed by atoms with E-state index in [0.717, 1.165) is 60.2 Å². The van der Waals surface area contributed by atoms with Crippen LogP contribution >= 0.6 is 0 Å². The molecule has 2 N–H and O–H groups in total. The second-order valence-electron chi connectivity index (χ2n) is 9.97. The lowest BCUT2D eigenvalue weighted by Crippen LogP contribution is -2.33. The highest BCUT2D eigenvalue weighted by Gasteiger charge is 2.23. The lowest BCUT2D eigenvalue weighted by molar-refractivity contribution is 0.0827. The maximum atomic E-state index is 12.2. The number of ether oxygens (including phenoxy) is 1. The maximum absolute atomic E-state index is 12.2. The van der Waals surface area contributed by atoms with E-state index in [2.05, 4.69) is 44.7 Å². The quantitative estimate of drug-likeness (QED) is 0.426. The number of nitrogen functional groups attached to an aromatic ring is 1. The minimum Gasteiger partial charge on any atom is -0.493 e. The fourth-order valence-corrected chi connectivity index (χ4v) is 5.25. The van der Waals surface area contributed by atoms with E-state index in [4.69, 9.17) is 10.5 Å². The number of rotatable bonds is 6. The summed E-state index contributed by atoms with van der Waals surface area (Å²) in [6.07, 6.45) is 5.83. The smallest absolute Gasteiger partial charge is 0.253 e. The summed E-state index contributed by atoms with van der Waals surface area (Å²) in [5.41, 5.74) is 12.2. The van der Waals surface area contributed by atoms with Crippen LogP contribution in [0.15, 0.2) is 54.9 Å². The van der Waals surface area contributed by atoms with Crippen molar-refractivity contribution >= 4 is 22.8 Å². The normalized spacial score (nSPS) is 14.7. The second kappa shape index (κ2) is 10.2. The third-order valence-electron chi connectivity index (χ3n) is 7.45. The second-order valence-corrected chi connectivity index (χ2v) is 9.97. The SMILES string of the molecule is COc1cc(-c2ccnc3c2cc(CN2CCC(c4ccc(C(=O)N(C)C)cc4)CC2)n3C)cnc1N. The lowest BCUT2D eigenvalue weighted by atomic mass is 9.89. The molecule has 0 unspecified atom stereocenters. The van der Waals surface area contributed by atoms with Gasteiger partial charge in [0.05, 0.1) is 7.11 Å². The van der Waals surface area contributed by atoms with Crippen LogP contribution in [-0.4, -0.2) is 64.5 Å². The Kier molecular flexibility index (Phi) is 6.84. The first kappa shape index (κ1) is 24.8. The molecular weight excluding hydrogens is 464 g/mol. The van der Waals surface area contributed by atoms with Gasteiger partial charge in [0.15, 0.2) is 11.6 Å². The van der Waals surface area contributed by atoms with Gasteiger partial charge in [-0.15, -0.1) is 0 Å². The summed E-state index contributed by atoms with van der Waals surface area (Å²) in [6.45, 7) is 2.94. The minimum atomic E-state index is 0.0424. The predicted molar refractivity (Wildman–Crippen MR) is 147 cm³/mol. The number of piperidine rings is 1. The third kappa shape index (κ3) is 4.89. The zero-order chi connectivity index (χ0) is 26.1. The van der Waals surface area contributed by atoms with Crippen LogP contribution in [0.2, 0.25) is 0 Å². The first-order valence-corrected chi connectivity index (χ1v) is 12.6. The Balaban J connectivity index is 1.30. The largest absolute Gasteiger partial charge is 0.493 e. The molecule has 0 radical (unpaired) electrons. The minimum absolute atomic E-state index is 0.0424. The molecule has 8 nitrogen and oxygen atoms in total. The highest BCUT2D eigenvalue weighted by atomic mass is 16.5. The molecule has 1 fully saturated rings. The van der Waals surface area contributed by atoms with Crippen LogP contribution in [0.4, 0.5) is 5.82 Å². The molecule has 0 spiro atoms. The fraction of sp³-hybridized carbons (Fsp3) is 0.345. The number of anilines is 1. The van der Waals surface area contributed by atoms with Gasteiger partial charge in [0, 0.05) is 62.3 Å². The number of hydrogen-bond acceptors (Lipinski definition) is 6. The molecule has 0 bridgehead atoms. The van der Waals surface area contributed by atoms with Crippen LogP contribution in [0.3, 0.4) is 0 Å². The van der Waals surface area contributed by atoms with Gasteiger partial charge in [-0.05, 0) is 73.3 Å². The van der Waals surface area contributed by atoms with E-state index in [9.17, 15) is 4.79 Å². The molecule has 0 saturated carbocycles. The van der Waals surface area contributed by atoms with E-state index < -0.39 is 0 Å². The van der Waals surface area contributed by atoms with Crippen molar-refractivity contribution in [2.24, 2.45) is 7.05 Å². The number of carbonyl (C=O) groups is 1. The fourth-order valence-electron chi connectivity index (χ4n) is 5.25. The predicted octanol–water partition coefficient (Wildman–Crippen LogP) is 4.31. The van der Waals surface area contributed by atoms with E-state index in [1.54, 1.807) is 32.3 Å². The molecule has 4 aromatic rings. The van der Waals surface area contributed by atoms with Crippen molar-refractivity contribution in [1.29, 1.82) is 0 Å². The van der Waals surface area contributed by atoms with Gasteiger partial charge in [0.1, 0.15) is 5.65 Å². The van der Waals surface area contributed by atoms with E-state index in [-0.39, 0.29) is 5.91 Å². The summed E-state index contributed by atoms with van der Waals surface area (Å²) in [4.78, 5) is 25.3. The summed E-state index contributed by atoms with van der Waals surface area (Å²) < 4.78 is 7.57. The monoisotopic (exact) mass is 498 g/mol. The third-order valence-corrected chi connectivity index (χ3v) is 7.45. The number of pyridine rings is 2. The van der Waals surface area contributed by atoms with Gasteiger partial charge in [0.2, 0.25) is 0 Å². The number of aryl methyl sites for hydroxylation is 1. The molecule has 8 heteroatoms. The zero-order valence-corrected chi connectivity index (χ0v) is 21.9. The molecular formula is C29H34N6O2. The standard InChI is InChI=1S/C29H34N6O2/c1-33(2)29(36)21-7-5-19(6-8-21)20-10-13-35(14-11-20)18-23-16-25-24(9-12-31-28(25)34(23)3)22-15-26(37-4)27(30)32-17-22/h5-9,12,15-17,20H,10-11,13-14,18H2,1-4H3,(H2,30,32). The van der Waals surface area contributed by atoms with Gasteiger partial charge in [0.25, 0.3) is 5.91 Å². The summed E-state index contributed by atoms with van der Waals surface area (Å²) in [5.74, 6) is 1.52. The van der Waals surface area contributed by atoms with E-state index >= 15 is 0 Å². The van der Waals surface area contributed by atoms with Crippen LogP contribution in [0.5, 0.6) is 5.75 Å². The molecule has 1 aliphatic rings. The number of aromatic nitrogens is 3. The van der Waals surface area contributed by atoms with Crippen molar-refractivity contribution in [1.82, 2.24) is 24.3 Å². The molecule has 4 heterocycles. The summed E-state index contributed by atoms with van der Waals surface area (Å²) in [5, 5.41) is 1.09. The molecule has 0 aliphatic carbocycles.